The molecule has 0 saturated carbocycles. The lowest BCUT2D eigenvalue weighted by atomic mass is 9.97. The SMILES string of the molecule is [2H]C([2H])([2H])c1cccc(C([2H])([2H])[2H])c1-n1c(-c2c(C)cc(-c3ccccc3)c3nc(-c4cc(F)cc(F)c4)oc23)[n+](C)c2ccccc21. The summed E-state index contributed by atoms with van der Waals surface area (Å²) in [6.07, 6.45) is 0. The van der Waals surface area contributed by atoms with Crippen LogP contribution in [0.3, 0.4) is 0 Å². The van der Waals surface area contributed by atoms with Crippen molar-refractivity contribution in [2.24, 2.45) is 7.05 Å². The molecule has 5 aromatic carbocycles. The van der Waals surface area contributed by atoms with Gasteiger partial charge in [-0.3, -0.25) is 0 Å². The van der Waals surface area contributed by atoms with E-state index in [4.69, 9.17) is 17.6 Å². The third-order valence-electron chi connectivity index (χ3n) is 7.56. The Kier molecular flexibility index (Phi) is 4.63. The van der Waals surface area contributed by atoms with Crippen molar-refractivity contribution in [1.29, 1.82) is 0 Å². The Bertz CT molecular complexity index is 2320. The van der Waals surface area contributed by atoms with Crippen molar-refractivity contribution in [3.05, 3.63) is 125 Å². The van der Waals surface area contributed by atoms with Gasteiger partial charge in [0, 0.05) is 25.4 Å². The van der Waals surface area contributed by atoms with Gasteiger partial charge in [0.1, 0.15) is 28.4 Å². The van der Waals surface area contributed by atoms with Gasteiger partial charge in [-0.15, -0.1) is 0 Å². The molecule has 0 unspecified atom stereocenters. The average Bonchev–Trinajstić information content (AvgIpc) is 3.59. The lowest BCUT2D eigenvalue weighted by molar-refractivity contribution is -0.633. The van der Waals surface area contributed by atoms with Gasteiger partial charge >= 0.3 is 0 Å². The highest BCUT2D eigenvalue weighted by Crippen LogP contribution is 2.42. The predicted molar refractivity (Wildman–Crippen MR) is 162 cm³/mol. The van der Waals surface area contributed by atoms with Crippen molar-refractivity contribution in [3.8, 4) is 39.7 Å². The summed E-state index contributed by atoms with van der Waals surface area (Å²) in [6.45, 7) is -3.46. The van der Waals surface area contributed by atoms with Crippen LogP contribution in [-0.4, -0.2) is 9.55 Å². The fraction of sp³-hybridized carbons (Fsp3) is 0.111. The van der Waals surface area contributed by atoms with E-state index >= 15 is 0 Å². The van der Waals surface area contributed by atoms with Crippen LogP contribution in [0.1, 0.15) is 24.9 Å². The number of imidazole rings is 1. The normalized spacial score (nSPS) is 14.3. The van der Waals surface area contributed by atoms with Gasteiger partial charge in [0.15, 0.2) is 16.6 Å². The third-order valence-corrected chi connectivity index (χ3v) is 7.56. The Morgan fingerprint density at radius 2 is 1.48 bits per heavy atom. The molecule has 0 amide bonds. The molecule has 0 N–H and O–H groups in total. The fourth-order valence-electron chi connectivity index (χ4n) is 5.73. The molecule has 0 atom stereocenters. The van der Waals surface area contributed by atoms with Crippen molar-refractivity contribution in [2.75, 3.05) is 0 Å². The quantitative estimate of drug-likeness (QED) is 0.201. The van der Waals surface area contributed by atoms with Crippen molar-refractivity contribution >= 4 is 22.1 Å². The highest BCUT2D eigenvalue weighted by molar-refractivity contribution is 6.01. The first kappa shape index (κ1) is 19.9. The van der Waals surface area contributed by atoms with E-state index in [0.29, 0.717) is 39.1 Å². The largest absolute Gasteiger partial charge is 0.435 e. The van der Waals surface area contributed by atoms with E-state index in [1.165, 1.54) is 18.2 Å². The van der Waals surface area contributed by atoms with Crippen LogP contribution in [0.2, 0.25) is 0 Å². The van der Waals surface area contributed by atoms with Crippen LogP contribution < -0.4 is 4.57 Å². The van der Waals surface area contributed by atoms with Gasteiger partial charge in [0.05, 0.1) is 7.05 Å². The molecule has 0 aliphatic rings. The number of hydrogen-bond acceptors (Lipinski definition) is 2. The van der Waals surface area contributed by atoms with Gasteiger partial charge in [-0.1, -0.05) is 60.7 Å². The minimum atomic E-state index is -2.67. The molecule has 0 radical (unpaired) electrons. The second-order valence-corrected chi connectivity index (χ2v) is 10.2. The summed E-state index contributed by atoms with van der Waals surface area (Å²) in [5.41, 5.74) is 4.48. The fourth-order valence-corrected chi connectivity index (χ4v) is 5.73. The number of fused-ring (bicyclic) bond motifs is 2. The molecule has 7 rings (SSSR count). The summed E-state index contributed by atoms with van der Waals surface area (Å²) >= 11 is 0. The van der Waals surface area contributed by atoms with Gasteiger partial charge in [-0.05, 0) is 73.2 Å². The van der Waals surface area contributed by atoms with E-state index in [-0.39, 0.29) is 33.9 Å². The number of hydrogen-bond donors (Lipinski definition) is 0. The van der Waals surface area contributed by atoms with Crippen molar-refractivity contribution in [1.82, 2.24) is 9.55 Å². The van der Waals surface area contributed by atoms with Gasteiger partial charge in [0.2, 0.25) is 5.89 Å². The monoisotopic (exact) mass is 562 g/mol. The molecule has 0 fully saturated rings. The zero-order chi connectivity index (χ0) is 34.1. The Hall–Kier alpha value is -5.10. The number of oxazole rings is 1. The Morgan fingerprint density at radius 1 is 0.786 bits per heavy atom. The molecular weight excluding hydrogens is 528 g/mol. The number of halogens is 2. The number of para-hydroxylation sites is 3. The number of aryl methyl sites for hydroxylation is 4. The van der Waals surface area contributed by atoms with Crippen molar-refractivity contribution < 1.29 is 26.0 Å². The van der Waals surface area contributed by atoms with Gasteiger partial charge in [0.25, 0.3) is 5.82 Å². The van der Waals surface area contributed by atoms with Crippen LogP contribution in [0.25, 0.3) is 61.8 Å². The third kappa shape index (κ3) is 4.02. The molecular formula is C36H28F2N3O+. The van der Waals surface area contributed by atoms with Crippen LogP contribution in [0.4, 0.5) is 8.78 Å². The first-order valence-corrected chi connectivity index (χ1v) is 13.3. The number of benzene rings is 5. The van der Waals surface area contributed by atoms with Crippen LogP contribution in [0.15, 0.2) is 101 Å². The maximum absolute atomic E-state index is 14.4. The second-order valence-electron chi connectivity index (χ2n) is 10.2. The highest BCUT2D eigenvalue weighted by atomic mass is 19.1. The number of rotatable bonds is 4. The molecule has 4 nitrogen and oxygen atoms in total. The van der Waals surface area contributed by atoms with Gasteiger partial charge < -0.3 is 4.42 Å². The van der Waals surface area contributed by atoms with E-state index < -0.39 is 25.3 Å². The number of nitrogens with zero attached hydrogens (tertiary/aromatic N) is 3. The van der Waals surface area contributed by atoms with E-state index in [2.05, 4.69) is 0 Å². The van der Waals surface area contributed by atoms with Crippen LogP contribution in [0.5, 0.6) is 0 Å². The van der Waals surface area contributed by atoms with Gasteiger partial charge in [-0.25, -0.2) is 18.3 Å². The summed E-state index contributed by atoms with van der Waals surface area (Å²) in [6, 6.07) is 26.0. The average molecular weight is 563 g/mol. The Labute approximate surface area is 250 Å². The Morgan fingerprint density at radius 3 is 2.19 bits per heavy atom. The number of aromatic nitrogens is 3. The lowest BCUT2D eigenvalue weighted by Crippen LogP contribution is -2.30. The Balaban J connectivity index is 1.67. The minimum absolute atomic E-state index is 0.0101. The van der Waals surface area contributed by atoms with Crippen molar-refractivity contribution in [2.45, 2.75) is 20.6 Å². The van der Waals surface area contributed by atoms with Crippen LogP contribution in [-0.2, 0) is 7.05 Å². The van der Waals surface area contributed by atoms with E-state index in [9.17, 15) is 8.78 Å². The summed E-state index contributed by atoms with van der Waals surface area (Å²) in [5.74, 6) is -1.19. The zero-order valence-corrected chi connectivity index (χ0v) is 22.7. The highest BCUT2D eigenvalue weighted by Gasteiger charge is 2.33. The molecule has 0 bridgehead atoms. The molecule has 0 aliphatic carbocycles. The first-order valence-electron chi connectivity index (χ1n) is 16.3. The van der Waals surface area contributed by atoms with E-state index in [1.54, 1.807) is 23.7 Å². The zero-order valence-electron chi connectivity index (χ0n) is 28.7. The lowest BCUT2D eigenvalue weighted by Gasteiger charge is -2.12. The second kappa shape index (κ2) is 9.77. The van der Waals surface area contributed by atoms with Crippen LogP contribution in [0, 0.1) is 32.3 Å². The standard InChI is InChI=1S/C36H28F2N3O/c1-21-11-10-12-22(2)33(21)41-30-16-9-8-15-29(30)40(4)36(41)31-23(3)17-28(24-13-6-5-7-14-24)32-34(31)42-35(39-32)25-18-26(37)20-27(38)19-25/h5-20H,1-4H3/q+1/i1D3,2D3. The summed E-state index contributed by atoms with van der Waals surface area (Å²) < 4.78 is 89.3. The molecule has 2 heterocycles. The maximum Gasteiger partial charge on any atom is 0.299 e. The summed E-state index contributed by atoms with van der Waals surface area (Å²) in [5, 5.41) is 0. The molecule has 42 heavy (non-hydrogen) atoms. The van der Waals surface area contributed by atoms with Gasteiger partial charge in [-0.2, -0.15) is 4.57 Å². The minimum Gasteiger partial charge on any atom is -0.435 e. The molecule has 0 aliphatic heterocycles. The van der Waals surface area contributed by atoms with Crippen LogP contribution >= 0.6 is 0 Å². The van der Waals surface area contributed by atoms with E-state index in [0.717, 1.165) is 23.8 Å². The molecule has 2 aromatic heterocycles. The summed E-state index contributed by atoms with van der Waals surface area (Å²) in [7, 11) is 1.80. The molecule has 206 valence electrons. The smallest absolute Gasteiger partial charge is 0.299 e. The topological polar surface area (TPSA) is 34.8 Å². The molecule has 0 saturated heterocycles. The van der Waals surface area contributed by atoms with Crippen molar-refractivity contribution in [3.63, 3.8) is 0 Å². The summed E-state index contributed by atoms with van der Waals surface area (Å²) in [4.78, 5) is 4.77. The molecule has 7 aromatic rings. The molecule has 0 spiro atoms. The predicted octanol–water partition coefficient (Wildman–Crippen LogP) is 8.80. The maximum atomic E-state index is 14.4. The van der Waals surface area contributed by atoms with E-state index in [1.807, 2.05) is 60.0 Å². The first-order chi connectivity index (χ1) is 22.7. The molecule has 6 heteroatoms.